The number of carbonyl (C=O) groups is 1. The number of rotatable bonds is 2. The summed E-state index contributed by atoms with van der Waals surface area (Å²) in [5.74, 6) is 1.28. The first-order valence-electron chi connectivity index (χ1n) is 4.79. The Labute approximate surface area is 87.1 Å². The minimum atomic E-state index is 0.126. The van der Waals surface area contributed by atoms with Crippen LogP contribution < -0.4 is 0 Å². The normalized spacial score (nSPS) is 22.2. The second-order valence-corrected chi connectivity index (χ2v) is 4.77. The molecule has 0 radical (unpaired) electrons. The van der Waals surface area contributed by atoms with E-state index < -0.39 is 0 Å². The zero-order chi connectivity index (χ0) is 9.97. The molecule has 0 aliphatic carbocycles. The summed E-state index contributed by atoms with van der Waals surface area (Å²) in [6, 6.07) is 0. The fraction of sp³-hybridized carbons (Fsp3) is 0.667. The molecule has 0 N–H and O–H groups in total. The van der Waals surface area contributed by atoms with Gasteiger partial charge in [-0.15, -0.1) is 5.10 Å². The third-order valence-electron chi connectivity index (χ3n) is 2.44. The van der Waals surface area contributed by atoms with Crippen molar-refractivity contribution in [3.63, 3.8) is 0 Å². The zero-order valence-electron chi connectivity index (χ0n) is 8.14. The fourth-order valence-corrected chi connectivity index (χ4v) is 2.89. The second-order valence-electron chi connectivity index (χ2n) is 3.46. The second kappa shape index (κ2) is 4.13. The van der Waals surface area contributed by atoms with Gasteiger partial charge in [-0.2, -0.15) is 11.8 Å². The molecular weight excluding hydrogens is 198 g/mol. The lowest BCUT2D eigenvalue weighted by Gasteiger charge is -2.19. The van der Waals surface area contributed by atoms with E-state index in [-0.39, 0.29) is 11.0 Å². The predicted octanol–water partition coefficient (Wildman–Crippen LogP) is 1.28. The summed E-state index contributed by atoms with van der Waals surface area (Å²) in [6.45, 7) is 0. The van der Waals surface area contributed by atoms with E-state index in [0.717, 1.165) is 18.6 Å². The molecule has 0 bridgehead atoms. The van der Waals surface area contributed by atoms with Crippen LogP contribution in [0.2, 0.25) is 0 Å². The molecule has 1 aromatic heterocycles. The van der Waals surface area contributed by atoms with Crippen molar-refractivity contribution in [3.05, 3.63) is 11.9 Å². The molecular formula is C9H13N3OS. The molecule has 1 atom stereocenters. The van der Waals surface area contributed by atoms with Gasteiger partial charge in [-0.05, 0) is 18.6 Å². The molecule has 1 aliphatic rings. The fourth-order valence-electron chi connectivity index (χ4n) is 1.63. The van der Waals surface area contributed by atoms with E-state index in [1.54, 1.807) is 29.7 Å². The summed E-state index contributed by atoms with van der Waals surface area (Å²) in [4.78, 5) is 12.0. The Bertz CT molecular complexity index is 331. The molecule has 1 fully saturated rings. The molecule has 4 nitrogen and oxygen atoms in total. The molecule has 2 heterocycles. The highest BCUT2D eigenvalue weighted by atomic mass is 32.2. The van der Waals surface area contributed by atoms with Gasteiger partial charge in [0.15, 0.2) is 5.78 Å². The van der Waals surface area contributed by atoms with E-state index in [9.17, 15) is 4.79 Å². The van der Waals surface area contributed by atoms with E-state index >= 15 is 0 Å². The van der Waals surface area contributed by atoms with Crippen molar-refractivity contribution >= 4 is 17.5 Å². The average Bonchev–Trinajstić information content (AvgIpc) is 2.65. The largest absolute Gasteiger partial charge is 0.291 e. The molecule has 0 saturated carbocycles. The minimum Gasteiger partial charge on any atom is -0.291 e. The Morgan fingerprint density at radius 1 is 1.64 bits per heavy atom. The number of nitrogens with zero attached hydrogens (tertiary/aromatic N) is 3. The third-order valence-corrected chi connectivity index (χ3v) is 3.82. The summed E-state index contributed by atoms with van der Waals surface area (Å²) in [7, 11) is 1.76. The lowest BCUT2D eigenvalue weighted by atomic mass is 10.1. The van der Waals surface area contributed by atoms with Crippen LogP contribution in [0.4, 0.5) is 0 Å². The summed E-state index contributed by atoms with van der Waals surface area (Å²) < 4.78 is 1.55. The van der Waals surface area contributed by atoms with Gasteiger partial charge in [0.05, 0.1) is 11.4 Å². The SMILES string of the molecule is Cn1nncc1C(=O)C1CCCCS1. The van der Waals surface area contributed by atoms with Gasteiger partial charge in [-0.3, -0.25) is 4.79 Å². The Morgan fingerprint density at radius 3 is 3.07 bits per heavy atom. The highest BCUT2D eigenvalue weighted by molar-refractivity contribution is 8.00. The number of aromatic nitrogens is 3. The number of hydrogen-bond acceptors (Lipinski definition) is 4. The van der Waals surface area contributed by atoms with E-state index in [0.29, 0.717) is 5.69 Å². The van der Waals surface area contributed by atoms with E-state index in [2.05, 4.69) is 10.3 Å². The Morgan fingerprint density at radius 2 is 2.50 bits per heavy atom. The molecule has 0 aromatic carbocycles. The predicted molar refractivity (Wildman–Crippen MR) is 55.4 cm³/mol. The Hall–Kier alpha value is -0.840. The molecule has 0 spiro atoms. The van der Waals surface area contributed by atoms with Crippen LogP contribution in [0.5, 0.6) is 0 Å². The van der Waals surface area contributed by atoms with Gasteiger partial charge in [0.25, 0.3) is 0 Å². The number of aryl methyl sites for hydroxylation is 1. The number of hydrogen-bond donors (Lipinski definition) is 0. The lowest BCUT2D eigenvalue weighted by molar-refractivity contribution is 0.0976. The van der Waals surface area contributed by atoms with Crippen LogP contribution in [0.25, 0.3) is 0 Å². The topological polar surface area (TPSA) is 47.8 Å². The highest BCUT2D eigenvalue weighted by Gasteiger charge is 2.25. The molecule has 1 saturated heterocycles. The van der Waals surface area contributed by atoms with Crippen molar-refractivity contribution < 1.29 is 4.79 Å². The molecule has 1 unspecified atom stereocenters. The monoisotopic (exact) mass is 211 g/mol. The summed E-state index contributed by atoms with van der Waals surface area (Å²) >= 11 is 1.76. The molecule has 2 rings (SSSR count). The summed E-state index contributed by atoms with van der Waals surface area (Å²) in [6.07, 6.45) is 4.94. The standard InChI is InChI=1S/C9H13N3OS/c1-12-7(6-10-11-12)9(13)8-4-2-3-5-14-8/h6,8H,2-5H2,1H3. The quantitative estimate of drug-likeness (QED) is 0.691. The number of carbonyl (C=O) groups excluding carboxylic acids is 1. The Kier molecular flexibility index (Phi) is 2.86. The van der Waals surface area contributed by atoms with Crippen LogP contribution in [0, 0.1) is 0 Å². The van der Waals surface area contributed by atoms with Crippen LogP contribution in [0.1, 0.15) is 29.8 Å². The van der Waals surface area contributed by atoms with Gasteiger partial charge in [0.2, 0.25) is 0 Å². The van der Waals surface area contributed by atoms with Gasteiger partial charge in [-0.1, -0.05) is 11.6 Å². The lowest BCUT2D eigenvalue weighted by Crippen LogP contribution is -2.23. The molecule has 14 heavy (non-hydrogen) atoms. The Balaban J connectivity index is 2.11. The highest BCUT2D eigenvalue weighted by Crippen LogP contribution is 2.27. The van der Waals surface area contributed by atoms with Crippen LogP contribution in [-0.2, 0) is 7.05 Å². The number of thioether (sulfide) groups is 1. The van der Waals surface area contributed by atoms with Gasteiger partial charge in [0.1, 0.15) is 5.69 Å². The van der Waals surface area contributed by atoms with Crippen LogP contribution in [0.3, 0.4) is 0 Å². The zero-order valence-corrected chi connectivity index (χ0v) is 8.96. The van der Waals surface area contributed by atoms with Crippen molar-refractivity contribution in [3.8, 4) is 0 Å². The molecule has 0 amide bonds. The first kappa shape index (κ1) is 9.71. The average molecular weight is 211 g/mol. The summed E-state index contributed by atoms with van der Waals surface area (Å²) in [5.41, 5.74) is 0.629. The van der Waals surface area contributed by atoms with Crippen molar-refractivity contribution in [1.29, 1.82) is 0 Å². The van der Waals surface area contributed by atoms with Gasteiger partial charge >= 0.3 is 0 Å². The van der Waals surface area contributed by atoms with E-state index in [4.69, 9.17) is 0 Å². The van der Waals surface area contributed by atoms with Crippen molar-refractivity contribution in [2.45, 2.75) is 24.5 Å². The number of Topliss-reactive ketones (excluding diaryl/α,β-unsaturated/α-hetero) is 1. The summed E-state index contributed by atoms with van der Waals surface area (Å²) in [5, 5.41) is 7.62. The maximum absolute atomic E-state index is 12.0. The van der Waals surface area contributed by atoms with E-state index in [1.807, 2.05) is 0 Å². The number of ketones is 1. The minimum absolute atomic E-state index is 0.126. The maximum atomic E-state index is 12.0. The molecule has 1 aromatic rings. The molecule has 5 heteroatoms. The van der Waals surface area contributed by atoms with Gasteiger partial charge < -0.3 is 0 Å². The van der Waals surface area contributed by atoms with Crippen molar-refractivity contribution in [1.82, 2.24) is 15.0 Å². The van der Waals surface area contributed by atoms with Crippen LogP contribution in [-0.4, -0.2) is 31.8 Å². The maximum Gasteiger partial charge on any atom is 0.195 e. The van der Waals surface area contributed by atoms with Crippen LogP contribution >= 0.6 is 11.8 Å². The van der Waals surface area contributed by atoms with Gasteiger partial charge in [-0.25, -0.2) is 4.68 Å². The molecule has 1 aliphatic heterocycles. The van der Waals surface area contributed by atoms with Crippen molar-refractivity contribution in [2.75, 3.05) is 5.75 Å². The van der Waals surface area contributed by atoms with Crippen LogP contribution in [0.15, 0.2) is 6.20 Å². The third kappa shape index (κ3) is 1.82. The van der Waals surface area contributed by atoms with Crippen molar-refractivity contribution in [2.24, 2.45) is 7.05 Å². The molecule has 76 valence electrons. The van der Waals surface area contributed by atoms with E-state index in [1.165, 1.54) is 6.42 Å². The smallest absolute Gasteiger partial charge is 0.195 e. The van der Waals surface area contributed by atoms with Gasteiger partial charge in [0, 0.05) is 7.05 Å². The first-order valence-corrected chi connectivity index (χ1v) is 5.84. The first-order chi connectivity index (χ1) is 6.79.